The van der Waals surface area contributed by atoms with E-state index in [4.69, 9.17) is 19.1 Å². The van der Waals surface area contributed by atoms with Crippen LogP contribution >= 0.6 is 34.9 Å². The van der Waals surface area contributed by atoms with E-state index in [2.05, 4.69) is 83.1 Å². The van der Waals surface area contributed by atoms with E-state index in [1.807, 2.05) is 0 Å². The third-order valence-electron chi connectivity index (χ3n) is 18.0. The van der Waals surface area contributed by atoms with Crippen LogP contribution in [0, 0.1) is 0 Å². The molecule has 0 radical (unpaired) electrons. The molecule has 6 heteroatoms. The van der Waals surface area contributed by atoms with Gasteiger partial charge in [0.1, 0.15) is 0 Å². The quantitative estimate of drug-likeness (QED) is 0.206. The van der Waals surface area contributed by atoms with Crippen molar-refractivity contribution in [3.8, 4) is 0 Å². The second-order valence-electron chi connectivity index (χ2n) is 19.1. The van der Waals surface area contributed by atoms with Crippen LogP contribution in [0.5, 0.6) is 0 Å². The molecule has 0 aromatic heterocycles. The molecule has 10 heterocycles. The van der Waals surface area contributed by atoms with Crippen molar-refractivity contribution in [2.75, 3.05) is 0 Å². The molecule has 190 valence electrons. The first-order valence-electron chi connectivity index (χ1n) is 12.7. The molecule has 0 aromatic rings. The monoisotopic (exact) mass is 650 g/mol. The number of hydrogen-bond donors (Lipinski definition) is 0. The summed E-state index contributed by atoms with van der Waals surface area (Å²) in [6.45, 7) is 28.9. The third kappa shape index (κ3) is 0.462. The van der Waals surface area contributed by atoms with Crippen molar-refractivity contribution in [1.29, 1.82) is 0 Å². The van der Waals surface area contributed by atoms with Gasteiger partial charge >= 0.3 is 208 Å². The summed E-state index contributed by atoms with van der Waals surface area (Å²) < 4.78 is 2.01. The standard InChI is InChI=1S/C21H39P2.C5H5.2ClH.Fe.Pd/c1-18(2,3)22(19(4,5)6)16-14-13-15-17(16)23(20(7,8)9)21(10,11)12;1-2-4-5-3-1;;;;/h13-15H,1-12H3;1-5H;2*1H;;/q;;;;;+2/p-2. The molecule has 1 spiro atoms. The zero-order valence-electron chi connectivity index (χ0n) is 21.9. The SMILES string of the molecule is CC(C)(C)P(C(C)(C)C)[C]12[CH]3[CH]4[CH]5[C]1(P(C(C)(C)C)C(C)(C)C)[Fe]43521678[CH]2[CH]1[CH]6[CH]7[CH]28.[Cl][Pd][Cl]. The molecule has 0 N–H and O–H groups in total. The Labute approximate surface area is 206 Å². The van der Waals surface area contributed by atoms with Gasteiger partial charge in [-0.15, -0.1) is 0 Å². The molecule has 0 nitrogen and oxygen atoms in total. The first-order chi connectivity index (χ1) is 14.1. The van der Waals surface area contributed by atoms with Crippen LogP contribution in [0.25, 0.3) is 0 Å². The van der Waals surface area contributed by atoms with Crippen LogP contribution in [-0.2, 0) is 22.4 Å². The summed E-state index contributed by atoms with van der Waals surface area (Å²) in [5.41, 5.74) is 0. The molecule has 4 unspecified atom stereocenters. The van der Waals surface area contributed by atoms with Gasteiger partial charge in [-0.05, 0) is 0 Å². The summed E-state index contributed by atoms with van der Waals surface area (Å²) in [7, 11) is 9.79. The Morgan fingerprint density at radius 1 is 0.531 bits per heavy atom. The van der Waals surface area contributed by atoms with Gasteiger partial charge in [-0.3, -0.25) is 0 Å². The fourth-order valence-corrected chi connectivity index (χ4v) is 133. The topological polar surface area (TPSA) is 0 Å². The molecule has 10 rings (SSSR count). The Balaban J connectivity index is 0.000000509. The van der Waals surface area contributed by atoms with E-state index in [1.165, 1.54) is 38.5 Å². The summed E-state index contributed by atoms with van der Waals surface area (Å²) in [6.07, 6.45) is 0. The molecule has 0 amide bonds. The maximum atomic E-state index is 4.81. The first-order valence-corrected chi connectivity index (χ1v) is 25.6. The molecule has 0 aliphatic carbocycles. The normalized spacial score (nSPS) is 73.5. The predicted molar refractivity (Wildman–Crippen MR) is 140 cm³/mol. The van der Waals surface area contributed by atoms with Gasteiger partial charge in [0.25, 0.3) is 0 Å². The third-order valence-corrected chi connectivity index (χ3v) is 77.0. The van der Waals surface area contributed by atoms with Gasteiger partial charge in [0.2, 0.25) is 0 Å². The van der Waals surface area contributed by atoms with Gasteiger partial charge in [0.15, 0.2) is 0 Å². The van der Waals surface area contributed by atoms with Crippen molar-refractivity contribution in [3.05, 3.63) is 0 Å². The Bertz CT molecular complexity index is 1250. The molecule has 10 aliphatic heterocycles. The van der Waals surface area contributed by atoms with Crippen LogP contribution in [0.4, 0.5) is 0 Å². The van der Waals surface area contributed by atoms with Crippen molar-refractivity contribution in [2.45, 2.75) is 150 Å². The molecule has 10 saturated heterocycles. The zero-order valence-corrected chi connectivity index (χ0v) is 27.9. The summed E-state index contributed by atoms with van der Waals surface area (Å²) in [5.74, 6) is 0. The van der Waals surface area contributed by atoms with E-state index in [0.29, 0.717) is 20.6 Å². The molecule has 4 atom stereocenters. The van der Waals surface area contributed by atoms with Crippen LogP contribution in [0.1, 0.15) is 83.1 Å². The van der Waals surface area contributed by atoms with Crippen LogP contribution < -0.4 is 0 Å². The van der Waals surface area contributed by atoms with Gasteiger partial charge in [-0.25, -0.2) is 0 Å². The van der Waals surface area contributed by atoms with Gasteiger partial charge < -0.3 is 0 Å². The van der Waals surface area contributed by atoms with Crippen LogP contribution in [-0.4, -0.2) is 28.7 Å². The van der Waals surface area contributed by atoms with Crippen molar-refractivity contribution >= 4 is 34.9 Å². The van der Waals surface area contributed by atoms with Gasteiger partial charge in [0.05, 0.1) is 0 Å². The van der Waals surface area contributed by atoms with E-state index >= 15 is 0 Å². The molecular formula is C26H44Cl2FeP2Pd. The van der Waals surface area contributed by atoms with E-state index in [1.54, 1.807) is 0 Å². The number of fused-ring (bicyclic) bond motifs is 10. The fraction of sp³-hybridized carbons (Fsp3) is 1.00. The van der Waals surface area contributed by atoms with Crippen LogP contribution in [0.2, 0.25) is 38.5 Å². The van der Waals surface area contributed by atoms with Crippen molar-refractivity contribution < 1.29 is 22.4 Å². The van der Waals surface area contributed by atoms with Crippen molar-refractivity contribution in [2.24, 2.45) is 0 Å². The van der Waals surface area contributed by atoms with Crippen molar-refractivity contribution in [3.63, 3.8) is 0 Å². The number of rotatable bonds is 2. The second-order valence-corrected chi connectivity index (χ2v) is 53.6. The average Bonchev–Trinajstić information content (AvgIpc) is 3.46. The van der Waals surface area contributed by atoms with E-state index in [9.17, 15) is 0 Å². The maximum absolute atomic E-state index is 4.81. The molecule has 10 aliphatic rings. The van der Waals surface area contributed by atoms with Crippen LogP contribution in [0.15, 0.2) is 0 Å². The molecule has 0 bridgehead atoms. The fourth-order valence-electron chi connectivity index (χ4n) is 21.5. The van der Waals surface area contributed by atoms with Gasteiger partial charge in [-0.2, -0.15) is 0 Å². The van der Waals surface area contributed by atoms with Crippen LogP contribution in [0.3, 0.4) is 0 Å². The summed E-state index contributed by atoms with van der Waals surface area (Å²) in [5, 5.41) is 2.15. The Hall–Kier alpha value is 2.62. The predicted octanol–water partition coefficient (Wildman–Crippen LogP) is 10.7. The molecule has 10 fully saturated rings. The molecular weight excluding hydrogens is 607 g/mol. The Morgan fingerprint density at radius 2 is 0.750 bits per heavy atom. The Kier molecular flexibility index (Phi) is 1.83. The van der Waals surface area contributed by atoms with Gasteiger partial charge in [-0.1, -0.05) is 0 Å². The summed E-state index contributed by atoms with van der Waals surface area (Å²) in [6, 6.07) is 0. The average molecular weight is 652 g/mol. The number of halogens is 2. The number of hydrogen-bond acceptors (Lipinski definition) is 0. The minimum absolute atomic E-state index is 0.0807. The van der Waals surface area contributed by atoms with Crippen molar-refractivity contribution in [1.82, 2.24) is 0 Å². The van der Waals surface area contributed by atoms with E-state index < -0.39 is 6.51 Å². The van der Waals surface area contributed by atoms with E-state index in [-0.39, 0.29) is 31.8 Å². The minimum atomic E-state index is -3.47. The summed E-state index contributed by atoms with van der Waals surface area (Å²) in [4.78, 5) is 11.4. The molecule has 0 aromatic carbocycles. The van der Waals surface area contributed by atoms with Gasteiger partial charge in [0, 0.05) is 0 Å². The zero-order chi connectivity index (χ0) is 23.8. The second kappa shape index (κ2) is 2.72. The molecule has 0 saturated carbocycles. The molecule has 32 heavy (non-hydrogen) atoms. The first kappa shape index (κ1) is 21.5. The summed E-state index contributed by atoms with van der Waals surface area (Å²) >= 11 is -0.106. The van der Waals surface area contributed by atoms with E-state index in [0.717, 1.165) is 8.11 Å². The Morgan fingerprint density at radius 3 is 0.875 bits per heavy atom.